The quantitative estimate of drug-likeness (QED) is 0.395. The smallest absolute Gasteiger partial charge is 0.322 e. The third kappa shape index (κ3) is 5.53. The summed E-state index contributed by atoms with van der Waals surface area (Å²) < 4.78 is 5.33. The van der Waals surface area contributed by atoms with Gasteiger partial charge in [0.05, 0.1) is 17.7 Å². The average Bonchev–Trinajstić information content (AvgIpc) is 2.74. The highest BCUT2D eigenvalue weighted by Crippen LogP contribution is 2.39. The van der Waals surface area contributed by atoms with Gasteiger partial charge in [-0.05, 0) is 23.6 Å². The Bertz CT molecular complexity index is 968. The van der Waals surface area contributed by atoms with Crippen LogP contribution < -0.4 is 15.0 Å². The third-order valence-electron chi connectivity index (χ3n) is 5.36. The first-order chi connectivity index (χ1) is 14.6. The Hall–Kier alpha value is -3.20. The van der Waals surface area contributed by atoms with Crippen molar-refractivity contribution in [3.63, 3.8) is 0 Å². The second kappa shape index (κ2) is 9.95. The maximum atomic E-state index is 12.8. The maximum Gasteiger partial charge on any atom is 0.322 e. The van der Waals surface area contributed by atoms with E-state index >= 15 is 0 Å². The molecule has 1 saturated heterocycles. The van der Waals surface area contributed by atoms with Crippen LogP contribution in [0.2, 0.25) is 0 Å². The van der Waals surface area contributed by atoms with Gasteiger partial charge in [-0.3, -0.25) is 10.1 Å². The molecule has 2 aromatic rings. The minimum atomic E-state index is -0.425. The molecule has 3 rings (SSSR count). The van der Waals surface area contributed by atoms with Gasteiger partial charge in [-0.15, -0.1) is 12.4 Å². The molecule has 1 fully saturated rings. The van der Waals surface area contributed by atoms with Crippen molar-refractivity contribution < 1.29 is 19.6 Å². The molecule has 2 aromatic carbocycles. The second-order valence-corrected chi connectivity index (χ2v) is 8.50. The topological polar surface area (TPSA) is 108 Å². The van der Waals surface area contributed by atoms with Crippen molar-refractivity contribution in [3.8, 4) is 11.5 Å². The molecule has 0 unspecified atom stereocenters. The molecule has 1 aliphatic rings. The number of benzene rings is 2. The highest BCUT2D eigenvalue weighted by molar-refractivity contribution is 5.92. The zero-order chi connectivity index (χ0) is 22.8. The number of nitro benzene ring substituents is 1. The molecular formula is C22H29ClN4O5. The van der Waals surface area contributed by atoms with Gasteiger partial charge in [0.1, 0.15) is 11.5 Å². The Morgan fingerprint density at radius 3 is 2.22 bits per heavy atom. The minimum Gasteiger partial charge on any atom is -0.505 e. The summed E-state index contributed by atoms with van der Waals surface area (Å²) in [7, 11) is 1.54. The number of ether oxygens (including phenoxy) is 1. The summed E-state index contributed by atoms with van der Waals surface area (Å²) in [5.74, 6) is 0.590. The molecule has 1 aliphatic heterocycles. The van der Waals surface area contributed by atoms with Crippen molar-refractivity contribution in [1.29, 1.82) is 0 Å². The summed E-state index contributed by atoms with van der Waals surface area (Å²) in [4.78, 5) is 27.0. The van der Waals surface area contributed by atoms with Crippen LogP contribution in [0.4, 0.5) is 21.9 Å². The van der Waals surface area contributed by atoms with Gasteiger partial charge < -0.3 is 25.0 Å². The molecular weight excluding hydrogens is 436 g/mol. The Morgan fingerprint density at radius 2 is 1.72 bits per heavy atom. The number of anilines is 2. The maximum absolute atomic E-state index is 12.8. The monoisotopic (exact) mass is 464 g/mol. The molecule has 0 radical (unpaired) electrons. The summed E-state index contributed by atoms with van der Waals surface area (Å²) in [5.41, 5.74) is 1.60. The van der Waals surface area contributed by atoms with E-state index < -0.39 is 4.92 Å². The molecule has 174 valence electrons. The predicted molar refractivity (Wildman–Crippen MR) is 127 cm³/mol. The summed E-state index contributed by atoms with van der Waals surface area (Å²) in [5, 5.41) is 24.3. The number of piperazine rings is 1. The van der Waals surface area contributed by atoms with Gasteiger partial charge in [0.2, 0.25) is 0 Å². The van der Waals surface area contributed by atoms with Gasteiger partial charge in [-0.25, -0.2) is 4.79 Å². The zero-order valence-electron chi connectivity index (χ0n) is 18.6. The number of hydrogen-bond acceptors (Lipinski definition) is 6. The van der Waals surface area contributed by atoms with Crippen LogP contribution in [0.25, 0.3) is 0 Å². The molecule has 9 nitrogen and oxygen atoms in total. The van der Waals surface area contributed by atoms with Crippen LogP contribution in [-0.2, 0) is 5.41 Å². The summed E-state index contributed by atoms with van der Waals surface area (Å²) in [6, 6.07) is 9.47. The van der Waals surface area contributed by atoms with Gasteiger partial charge in [0, 0.05) is 55.6 Å². The number of nitrogens with one attached hydrogen (secondary N) is 1. The number of nitrogens with zero attached hydrogens (tertiary/aromatic N) is 3. The number of carbonyl (C=O) groups is 1. The van der Waals surface area contributed by atoms with E-state index in [1.165, 1.54) is 12.1 Å². The van der Waals surface area contributed by atoms with Gasteiger partial charge in [0.15, 0.2) is 0 Å². The van der Waals surface area contributed by atoms with E-state index in [1.54, 1.807) is 36.3 Å². The van der Waals surface area contributed by atoms with E-state index in [1.807, 2.05) is 20.8 Å². The normalized spacial score (nSPS) is 13.9. The van der Waals surface area contributed by atoms with E-state index in [0.29, 0.717) is 43.2 Å². The molecule has 0 aliphatic carbocycles. The van der Waals surface area contributed by atoms with E-state index in [4.69, 9.17) is 4.74 Å². The van der Waals surface area contributed by atoms with Gasteiger partial charge in [-0.1, -0.05) is 20.8 Å². The number of urea groups is 1. The van der Waals surface area contributed by atoms with Gasteiger partial charge in [-0.2, -0.15) is 0 Å². The summed E-state index contributed by atoms with van der Waals surface area (Å²) in [6.45, 7) is 8.10. The summed E-state index contributed by atoms with van der Waals surface area (Å²) >= 11 is 0. The van der Waals surface area contributed by atoms with Crippen molar-refractivity contribution in [2.75, 3.05) is 43.5 Å². The molecule has 0 aromatic heterocycles. The number of halogens is 1. The molecule has 0 bridgehead atoms. The molecule has 1 heterocycles. The van der Waals surface area contributed by atoms with Crippen molar-refractivity contribution >= 4 is 35.5 Å². The van der Waals surface area contributed by atoms with Gasteiger partial charge in [0.25, 0.3) is 5.69 Å². The number of phenols is 1. The lowest BCUT2D eigenvalue weighted by Crippen LogP contribution is -2.50. The van der Waals surface area contributed by atoms with Crippen LogP contribution in [0.3, 0.4) is 0 Å². The number of non-ortho nitro benzene ring substituents is 1. The van der Waals surface area contributed by atoms with Crippen LogP contribution in [0.1, 0.15) is 26.3 Å². The largest absolute Gasteiger partial charge is 0.505 e. The number of aromatic hydroxyl groups is 1. The molecule has 0 spiro atoms. The first kappa shape index (κ1) is 25.1. The first-order valence-corrected chi connectivity index (χ1v) is 10.1. The highest BCUT2D eigenvalue weighted by Gasteiger charge is 2.25. The van der Waals surface area contributed by atoms with E-state index in [2.05, 4.69) is 10.2 Å². The standard InChI is InChI=1S/C22H28N4O5.ClH/c1-22(2,3)18-13-17(31-4)14-19(20(18)27)23-21(28)25-11-9-24(10-12-25)15-5-7-16(8-6-15)26(29)30;/h5-8,13-14,27H,9-12H2,1-4H3,(H,23,28);1H. The fourth-order valence-electron chi connectivity index (χ4n) is 3.54. The number of phenolic OH excluding ortho intramolecular Hbond substituents is 1. The van der Waals surface area contributed by atoms with Crippen LogP contribution in [0.15, 0.2) is 36.4 Å². The van der Waals surface area contributed by atoms with Crippen molar-refractivity contribution in [2.45, 2.75) is 26.2 Å². The molecule has 2 N–H and O–H groups in total. The second-order valence-electron chi connectivity index (χ2n) is 8.50. The zero-order valence-corrected chi connectivity index (χ0v) is 19.4. The SMILES string of the molecule is COc1cc(NC(=O)N2CCN(c3ccc([N+](=O)[O-])cc3)CC2)c(O)c(C(C)(C)C)c1.Cl. The van der Waals surface area contributed by atoms with Crippen molar-refractivity contribution in [2.24, 2.45) is 0 Å². The Kier molecular flexibility index (Phi) is 7.79. The number of nitro groups is 1. The van der Waals surface area contributed by atoms with Crippen molar-refractivity contribution in [1.82, 2.24) is 4.90 Å². The van der Waals surface area contributed by atoms with Crippen LogP contribution >= 0.6 is 12.4 Å². The van der Waals surface area contributed by atoms with Crippen LogP contribution in [-0.4, -0.2) is 54.2 Å². The van der Waals surface area contributed by atoms with E-state index in [9.17, 15) is 20.0 Å². The highest BCUT2D eigenvalue weighted by atomic mass is 35.5. The van der Waals surface area contributed by atoms with Gasteiger partial charge >= 0.3 is 6.03 Å². The minimum absolute atomic E-state index is 0. The molecule has 2 amide bonds. The Morgan fingerprint density at radius 1 is 1.12 bits per heavy atom. The fraction of sp³-hybridized carbons (Fsp3) is 0.409. The van der Waals surface area contributed by atoms with E-state index in [0.717, 1.165) is 5.69 Å². The molecule has 10 heteroatoms. The molecule has 32 heavy (non-hydrogen) atoms. The van der Waals surface area contributed by atoms with Crippen molar-refractivity contribution in [3.05, 3.63) is 52.1 Å². The van der Waals surface area contributed by atoms with Crippen LogP contribution in [0, 0.1) is 10.1 Å². The molecule has 0 atom stereocenters. The fourth-order valence-corrected chi connectivity index (χ4v) is 3.54. The molecule has 0 saturated carbocycles. The summed E-state index contributed by atoms with van der Waals surface area (Å²) in [6.07, 6.45) is 0. The third-order valence-corrected chi connectivity index (χ3v) is 5.36. The number of amides is 2. The predicted octanol–water partition coefficient (Wildman–Crippen LogP) is 4.38. The van der Waals surface area contributed by atoms with E-state index in [-0.39, 0.29) is 35.3 Å². The number of methoxy groups -OCH3 is 1. The average molecular weight is 465 g/mol. The Labute approximate surface area is 193 Å². The first-order valence-electron chi connectivity index (χ1n) is 10.1. The Balaban J connectivity index is 0.00000363. The number of hydrogen-bond donors (Lipinski definition) is 2. The lowest BCUT2D eigenvalue weighted by atomic mass is 9.85. The van der Waals surface area contributed by atoms with Crippen LogP contribution in [0.5, 0.6) is 11.5 Å². The lowest BCUT2D eigenvalue weighted by Gasteiger charge is -2.36. The number of carbonyl (C=O) groups excluding carboxylic acids is 1. The lowest BCUT2D eigenvalue weighted by molar-refractivity contribution is -0.384. The number of rotatable bonds is 4.